The lowest BCUT2D eigenvalue weighted by atomic mass is 9.95. The van der Waals surface area contributed by atoms with Crippen molar-refractivity contribution in [3.05, 3.63) is 60.2 Å². The third-order valence-corrected chi connectivity index (χ3v) is 9.16. The van der Waals surface area contributed by atoms with Crippen LogP contribution in [0.4, 0.5) is 13.2 Å². The third-order valence-electron chi connectivity index (χ3n) is 6.23. The molecule has 2 aromatic carbocycles. The number of amides is 1. The van der Waals surface area contributed by atoms with Gasteiger partial charge in [0.1, 0.15) is 30.1 Å². The number of piperidine rings is 1. The Bertz CT molecular complexity index is 1450. The van der Waals surface area contributed by atoms with Crippen LogP contribution in [0.25, 0.3) is 0 Å². The van der Waals surface area contributed by atoms with Crippen molar-refractivity contribution >= 4 is 26.0 Å². The van der Waals surface area contributed by atoms with E-state index in [1.807, 2.05) is 0 Å². The largest absolute Gasteiger partial charge is 0.523 e. The molecule has 41 heavy (non-hydrogen) atoms. The van der Waals surface area contributed by atoms with E-state index in [4.69, 9.17) is 19.0 Å². The van der Waals surface area contributed by atoms with Crippen LogP contribution < -0.4 is 10.2 Å². The molecule has 2 aliphatic rings. The highest BCUT2D eigenvalue weighted by Crippen LogP contribution is 2.41. The van der Waals surface area contributed by atoms with Crippen LogP contribution in [0.3, 0.4) is 0 Å². The Kier molecular flexibility index (Phi) is 8.71. The zero-order valence-electron chi connectivity index (χ0n) is 21.9. The van der Waals surface area contributed by atoms with Gasteiger partial charge in [-0.1, -0.05) is 30.3 Å². The van der Waals surface area contributed by atoms with Gasteiger partial charge in [0, 0.05) is 6.54 Å². The predicted molar refractivity (Wildman–Crippen MR) is 134 cm³/mol. The molecular formula is C24H27F3N2O10S2. The van der Waals surface area contributed by atoms with Crippen LogP contribution in [-0.4, -0.2) is 76.4 Å². The second-order valence-corrected chi connectivity index (χ2v) is 13.0. The molecule has 0 bridgehead atoms. The maximum Gasteiger partial charge on any atom is 0.523 e. The van der Waals surface area contributed by atoms with Crippen molar-refractivity contribution in [1.82, 2.24) is 9.79 Å². The number of methoxy groups -OCH3 is 1. The van der Waals surface area contributed by atoms with Gasteiger partial charge in [-0.2, -0.15) is 25.9 Å². The number of benzene rings is 2. The molecule has 226 valence electrons. The number of carbonyl (C=O) groups excluding carboxylic acids is 1. The minimum Gasteiger partial charge on any atom is -0.497 e. The fourth-order valence-corrected chi connectivity index (χ4v) is 6.66. The maximum absolute atomic E-state index is 13.8. The number of nitrogens with zero attached hydrogens (tertiary/aromatic N) is 1. The second-order valence-electron chi connectivity index (χ2n) is 9.53. The number of fused-ring (bicyclic) bond motifs is 1. The summed E-state index contributed by atoms with van der Waals surface area (Å²) in [5.41, 5.74) is -2.98. The molecule has 4 atom stereocenters. The summed E-state index contributed by atoms with van der Waals surface area (Å²) in [6.07, 6.45) is -5.22. The highest BCUT2D eigenvalue weighted by atomic mass is 32.2. The summed E-state index contributed by atoms with van der Waals surface area (Å²) in [5.74, 6) is -2.29. The normalized spacial score (nSPS) is 24.9. The molecule has 4 rings (SSSR count). The molecule has 0 aromatic heterocycles. The molecule has 2 aliphatic heterocycles. The monoisotopic (exact) mass is 624 g/mol. The van der Waals surface area contributed by atoms with E-state index in [0.29, 0.717) is 15.6 Å². The van der Waals surface area contributed by atoms with Crippen LogP contribution >= 0.6 is 0 Å². The number of hydroxylamine groups is 1. The topological polar surface area (TPSA) is 147 Å². The van der Waals surface area contributed by atoms with Gasteiger partial charge >= 0.3 is 15.6 Å². The fraction of sp³-hybridized carbons (Fsp3) is 0.458. The molecule has 1 N–H and O–H groups in total. The molecule has 2 fully saturated rings. The van der Waals surface area contributed by atoms with Crippen LogP contribution in [0.2, 0.25) is 0 Å². The lowest BCUT2D eigenvalue weighted by molar-refractivity contribution is -0.156. The lowest BCUT2D eigenvalue weighted by Gasteiger charge is -2.42. The predicted octanol–water partition coefficient (Wildman–Crippen LogP) is 2.07. The summed E-state index contributed by atoms with van der Waals surface area (Å²) in [6, 6.07) is 11.8. The van der Waals surface area contributed by atoms with Crippen molar-refractivity contribution in [1.29, 1.82) is 0 Å². The summed E-state index contributed by atoms with van der Waals surface area (Å²) in [5, 5.41) is 0. The number of alkyl halides is 3. The van der Waals surface area contributed by atoms with Gasteiger partial charge < -0.3 is 14.2 Å². The van der Waals surface area contributed by atoms with E-state index in [9.17, 15) is 34.8 Å². The zero-order chi connectivity index (χ0) is 30.2. The van der Waals surface area contributed by atoms with Crippen LogP contribution in [0.5, 0.6) is 5.75 Å². The Morgan fingerprint density at radius 2 is 1.63 bits per heavy atom. The van der Waals surface area contributed by atoms with Crippen molar-refractivity contribution in [2.75, 3.05) is 13.7 Å². The van der Waals surface area contributed by atoms with Crippen molar-refractivity contribution in [3.8, 4) is 5.75 Å². The molecule has 0 radical (unpaired) electrons. The van der Waals surface area contributed by atoms with Gasteiger partial charge in [0.05, 0.1) is 18.6 Å². The first-order valence-electron chi connectivity index (χ1n) is 12.0. The summed E-state index contributed by atoms with van der Waals surface area (Å²) < 4.78 is 113. The number of nitrogens with one attached hydrogen (secondary N) is 1. The molecule has 2 aromatic rings. The lowest BCUT2D eigenvalue weighted by Crippen LogP contribution is -2.66. The standard InChI is InChI=1S/C24H27F3N2O10S2/c1-23(2)37-20-18(39-41(33,34)24(25,26)27)13-29(40(31,32)17-11-9-16(35-3)10-12-17)19(21(20)38-23)22(30)28-36-14-15-7-5-4-6-8-15/h4-12,18-21H,13-14H2,1-3H3,(H,28,30)/t18-,19+,20-,21+/m0/s1. The fourth-order valence-electron chi connectivity index (χ4n) is 4.45. The number of sulfonamides is 1. The van der Waals surface area contributed by atoms with Crippen LogP contribution in [-0.2, 0) is 50.0 Å². The minimum absolute atomic E-state index is 0.100. The second kappa shape index (κ2) is 11.5. The first-order chi connectivity index (χ1) is 19.1. The van der Waals surface area contributed by atoms with Crippen molar-refractivity contribution in [2.24, 2.45) is 0 Å². The summed E-state index contributed by atoms with van der Waals surface area (Å²) in [7, 11) is -9.53. The number of hydrogen-bond donors (Lipinski definition) is 1. The van der Waals surface area contributed by atoms with Crippen molar-refractivity contribution < 1.29 is 58.0 Å². The van der Waals surface area contributed by atoms with E-state index in [1.54, 1.807) is 30.3 Å². The molecule has 12 nitrogen and oxygen atoms in total. The van der Waals surface area contributed by atoms with E-state index in [1.165, 1.54) is 33.1 Å². The summed E-state index contributed by atoms with van der Waals surface area (Å²) in [4.78, 5) is 18.4. The summed E-state index contributed by atoms with van der Waals surface area (Å²) in [6.45, 7) is 1.62. The average Bonchev–Trinajstić information content (AvgIpc) is 3.23. The molecule has 0 saturated carbocycles. The van der Waals surface area contributed by atoms with Crippen LogP contribution in [0, 0.1) is 0 Å². The Labute approximate surface area is 234 Å². The van der Waals surface area contributed by atoms with Gasteiger partial charge in [-0.3, -0.25) is 13.8 Å². The zero-order valence-corrected chi connectivity index (χ0v) is 23.5. The molecule has 1 amide bonds. The van der Waals surface area contributed by atoms with Gasteiger partial charge in [0.25, 0.3) is 5.91 Å². The van der Waals surface area contributed by atoms with Gasteiger partial charge in [0.15, 0.2) is 5.79 Å². The van der Waals surface area contributed by atoms with E-state index in [0.717, 1.165) is 12.1 Å². The SMILES string of the molecule is COc1ccc(S(=O)(=O)N2C[C@H](OS(=O)(=O)C(F)(F)F)[C@@H]3OC(C)(C)O[C@@H]3[C@@H]2C(=O)NOCc2ccccc2)cc1. The Balaban J connectivity index is 1.72. The van der Waals surface area contributed by atoms with Crippen LogP contribution in [0.15, 0.2) is 59.5 Å². The summed E-state index contributed by atoms with van der Waals surface area (Å²) >= 11 is 0. The molecule has 0 aliphatic carbocycles. The molecule has 2 saturated heterocycles. The molecular weight excluding hydrogens is 597 g/mol. The van der Waals surface area contributed by atoms with E-state index in [2.05, 4.69) is 9.66 Å². The molecule has 0 unspecified atom stereocenters. The van der Waals surface area contributed by atoms with Crippen molar-refractivity contribution in [2.45, 2.75) is 61.0 Å². The molecule has 17 heteroatoms. The van der Waals surface area contributed by atoms with Crippen LogP contribution in [0.1, 0.15) is 19.4 Å². The first kappa shape index (κ1) is 31.1. The number of halogens is 3. The number of hydrogen-bond acceptors (Lipinski definition) is 10. The number of ether oxygens (including phenoxy) is 3. The number of rotatable bonds is 9. The van der Waals surface area contributed by atoms with E-state index >= 15 is 0 Å². The Hall–Kier alpha value is -2.80. The van der Waals surface area contributed by atoms with Gasteiger partial charge in [-0.25, -0.2) is 13.9 Å². The van der Waals surface area contributed by atoms with Gasteiger partial charge in [-0.05, 0) is 43.7 Å². The van der Waals surface area contributed by atoms with Gasteiger partial charge in [0.2, 0.25) is 10.0 Å². The van der Waals surface area contributed by atoms with Gasteiger partial charge in [-0.15, -0.1) is 0 Å². The maximum atomic E-state index is 13.8. The van der Waals surface area contributed by atoms with E-state index in [-0.39, 0.29) is 11.5 Å². The third kappa shape index (κ3) is 6.66. The Morgan fingerprint density at radius 3 is 2.22 bits per heavy atom. The minimum atomic E-state index is -6.20. The molecule has 0 spiro atoms. The number of carbonyl (C=O) groups is 1. The highest BCUT2D eigenvalue weighted by molar-refractivity contribution is 7.89. The molecule has 2 heterocycles. The smallest absolute Gasteiger partial charge is 0.497 e. The van der Waals surface area contributed by atoms with Crippen molar-refractivity contribution in [3.63, 3.8) is 0 Å². The average molecular weight is 625 g/mol. The Morgan fingerprint density at radius 1 is 1.02 bits per heavy atom. The first-order valence-corrected chi connectivity index (χ1v) is 14.9. The quantitative estimate of drug-likeness (QED) is 0.250. The van der Waals surface area contributed by atoms with E-state index < -0.39 is 68.2 Å². The highest BCUT2D eigenvalue weighted by Gasteiger charge is 2.61.